The van der Waals surface area contributed by atoms with Crippen molar-refractivity contribution >= 4 is 5.91 Å². The molecule has 0 aromatic carbocycles. The van der Waals surface area contributed by atoms with E-state index in [1.54, 1.807) is 6.08 Å². The Morgan fingerprint density at radius 2 is 0.753 bits per heavy atom. The highest BCUT2D eigenvalue weighted by atomic mass is 16.8. The van der Waals surface area contributed by atoms with Crippen LogP contribution >= 0.6 is 0 Å². The van der Waals surface area contributed by atoms with Crippen molar-refractivity contribution in [3.05, 3.63) is 72.9 Å². The molecule has 3 saturated heterocycles. The number of allylic oxidation sites excluding steroid dienone is 11. The van der Waals surface area contributed by atoms with Gasteiger partial charge in [-0.1, -0.05) is 215 Å². The van der Waals surface area contributed by atoms with E-state index in [1.165, 1.54) is 116 Å². The molecule has 0 spiro atoms. The Balaban J connectivity index is 1.47. The minimum Gasteiger partial charge on any atom is -0.394 e. The zero-order valence-electron chi connectivity index (χ0n) is 54.4. The van der Waals surface area contributed by atoms with Crippen LogP contribution in [0.25, 0.3) is 0 Å². The van der Waals surface area contributed by atoms with Crippen molar-refractivity contribution in [2.75, 3.05) is 26.4 Å². The number of carbonyl (C=O) groups excluding carboxylic acids is 1. The largest absolute Gasteiger partial charge is 0.394 e. The smallest absolute Gasteiger partial charge is 0.220 e. The molecular formula is C70H123NO18. The van der Waals surface area contributed by atoms with Crippen molar-refractivity contribution in [1.82, 2.24) is 5.32 Å². The van der Waals surface area contributed by atoms with Gasteiger partial charge in [-0.25, -0.2) is 0 Å². The van der Waals surface area contributed by atoms with E-state index >= 15 is 0 Å². The average Bonchev–Trinajstić information content (AvgIpc) is 2.46. The topological polar surface area (TPSA) is 307 Å². The van der Waals surface area contributed by atoms with Crippen molar-refractivity contribution < 1.29 is 89.4 Å². The number of unbranched alkanes of at least 4 members (excludes halogenated alkanes) is 26. The Labute approximate surface area is 534 Å². The fourth-order valence-corrected chi connectivity index (χ4v) is 11.3. The van der Waals surface area contributed by atoms with Gasteiger partial charge in [0.1, 0.15) is 73.2 Å². The van der Waals surface area contributed by atoms with Gasteiger partial charge < -0.3 is 89.9 Å². The quantitative estimate of drug-likeness (QED) is 0.0200. The first-order chi connectivity index (χ1) is 43.3. The van der Waals surface area contributed by atoms with E-state index in [0.717, 1.165) is 83.5 Å². The van der Waals surface area contributed by atoms with Gasteiger partial charge in [-0.3, -0.25) is 4.79 Å². The van der Waals surface area contributed by atoms with Crippen LogP contribution in [-0.4, -0.2) is 193 Å². The first-order valence-electron chi connectivity index (χ1n) is 34.7. The van der Waals surface area contributed by atoms with E-state index < -0.39 is 124 Å². The Bertz CT molecular complexity index is 1900. The lowest BCUT2D eigenvalue weighted by molar-refractivity contribution is -0.379. The number of aliphatic hydroxyl groups is 11. The highest BCUT2D eigenvalue weighted by Crippen LogP contribution is 2.33. The fraction of sp³-hybridized carbons (Fsp3) is 0.814. The van der Waals surface area contributed by atoms with E-state index in [1.807, 2.05) is 6.08 Å². The summed E-state index contributed by atoms with van der Waals surface area (Å²) in [6.45, 7) is 1.67. The molecule has 0 bridgehead atoms. The molecule has 3 aliphatic rings. The minimum absolute atomic E-state index is 0.214. The molecule has 0 aromatic heterocycles. The van der Waals surface area contributed by atoms with E-state index in [4.69, 9.17) is 28.4 Å². The van der Waals surface area contributed by atoms with Gasteiger partial charge in [0.25, 0.3) is 0 Å². The average molecular weight is 1270 g/mol. The van der Waals surface area contributed by atoms with Crippen molar-refractivity contribution in [1.29, 1.82) is 0 Å². The summed E-state index contributed by atoms with van der Waals surface area (Å²) in [5.41, 5.74) is 0. The Morgan fingerprint density at radius 3 is 1.22 bits per heavy atom. The van der Waals surface area contributed by atoms with Crippen LogP contribution in [0.15, 0.2) is 72.9 Å². The molecule has 1 amide bonds. The van der Waals surface area contributed by atoms with E-state index in [0.29, 0.717) is 12.8 Å². The second-order valence-electron chi connectivity index (χ2n) is 24.6. The molecule has 17 unspecified atom stereocenters. The summed E-state index contributed by atoms with van der Waals surface area (Å²) in [6.07, 6.45) is 37.3. The first-order valence-corrected chi connectivity index (χ1v) is 34.7. The number of nitrogens with one attached hydrogen (secondary N) is 1. The molecule has 0 radical (unpaired) electrons. The van der Waals surface area contributed by atoms with E-state index in [2.05, 4.69) is 79.9 Å². The van der Waals surface area contributed by atoms with Crippen LogP contribution in [0.5, 0.6) is 0 Å². The zero-order valence-corrected chi connectivity index (χ0v) is 54.4. The Morgan fingerprint density at radius 1 is 0.404 bits per heavy atom. The minimum atomic E-state index is -1.99. The van der Waals surface area contributed by atoms with E-state index in [9.17, 15) is 61.0 Å². The summed E-state index contributed by atoms with van der Waals surface area (Å²) in [7, 11) is 0. The molecule has 12 N–H and O–H groups in total. The standard InChI is InChI=1S/C70H123NO18/c1-3-5-7-9-11-13-15-17-19-21-23-24-25-26-27-28-30-31-33-35-37-39-41-43-45-47-54(75)53(71-58(76)48-46-44-42-40-38-36-34-32-29-22-20-18-16-14-12-10-8-6-4-2)52-84-68-64(82)61(79)66(56(50-73)86-68)89-70-65(83)62(80)67(57(51-74)87-70)88-69-63(81)60(78)59(77)55(49-72)85-69/h12,14,18,20,29-32,37,39,45,47,53-57,59-70,72-75,77-83H,3-11,13,15-17,19,21-28,33-36,38,40-44,46,48-52H2,1-2H3,(H,71,76)/b14-12-,20-18-,31-30+,32-29-,39-37+,47-45+. The molecule has 516 valence electrons. The second kappa shape index (κ2) is 51.6. The first kappa shape index (κ1) is 80.5. The third-order valence-electron chi connectivity index (χ3n) is 17.0. The number of hydrogen-bond acceptors (Lipinski definition) is 18. The molecule has 0 aliphatic carbocycles. The molecule has 0 aromatic rings. The van der Waals surface area contributed by atoms with Crippen LogP contribution in [0.2, 0.25) is 0 Å². The summed E-state index contributed by atoms with van der Waals surface area (Å²) < 4.78 is 34.3. The maximum absolute atomic E-state index is 13.4. The summed E-state index contributed by atoms with van der Waals surface area (Å²) in [5, 5.41) is 120. The number of amides is 1. The van der Waals surface area contributed by atoms with Crippen molar-refractivity contribution in [3.63, 3.8) is 0 Å². The van der Waals surface area contributed by atoms with Crippen LogP contribution in [-0.2, 0) is 33.2 Å². The van der Waals surface area contributed by atoms with Crippen LogP contribution < -0.4 is 5.32 Å². The van der Waals surface area contributed by atoms with Crippen LogP contribution in [0.4, 0.5) is 0 Å². The van der Waals surface area contributed by atoms with Crippen LogP contribution in [0.1, 0.15) is 232 Å². The second-order valence-corrected chi connectivity index (χ2v) is 24.6. The lowest BCUT2D eigenvalue weighted by atomic mass is 9.96. The Hall–Kier alpha value is -2.77. The molecule has 17 atom stereocenters. The van der Waals surface area contributed by atoms with Crippen molar-refractivity contribution in [2.45, 2.75) is 336 Å². The zero-order chi connectivity index (χ0) is 64.7. The van der Waals surface area contributed by atoms with Gasteiger partial charge >= 0.3 is 0 Å². The molecule has 19 heteroatoms. The predicted octanol–water partition coefficient (Wildman–Crippen LogP) is 8.94. The Kier molecular flexibility index (Phi) is 46.7. The molecule has 0 saturated carbocycles. The van der Waals surface area contributed by atoms with Gasteiger partial charge in [-0.2, -0.15) is 0 Å². The van der Waals surface area contributed by atoms with Gasteiger partial charge in [-0.05, 0) is 83.5 Å². The SMILES string of the molecule is CCCCC/C=C\C/C=C\C/C=C\CCCCCCCCC(=O)NC(COC1OC(CO)C(OC2OC(CO)C(OC3OC(CO)C(O)C(O)C3O)C(O)C2O)C(O)C1O)C(O)/C=C/CC/C=C/CC/C=C/CCCCCCCCCCCCCCCCC. The van der Waals surface area contributed by atoms with Crippen LogP contribution in [0.3, 0.4) is 0 Å². The molecule has 89 heavy (non-hydrogen) atoms. The van der Waals surface area contributed by atoms with Gasteiger partial charge in [0.2, 0.25) is 5.91 Å². The number of aliphatic hydroxyl groups excluding tert-OH is 11. The van der Waals surface area contributed by atoms with Gasteiger partial charge in [-0.15, -0.1) is 0 Å². The molecule has 19 nitrogen and oxygen atoms in total. The maximum atomic E-state index is 13.4. The molecule has 3 rings (SSSR count). The third kappa shape index (κ3) is 33.8. The maximum Gasteiger partial charge on any atom is 0.220 e. The predicted molar refractivity (Wildman–Crippen MR) is 346 cm³/mol. The highest BCUT2D eigenvalue weighted by Gasteiger charge is 2.53. The summed E-state index contributed by atoms with van der Waals surface area (Å²) in [6, 6.07) is -1.01. The lowest BCUT2D eigenvalue weighted by Gasteiger charge is -2.48. The molecular weight excluding hydrogens is 1140 g/mol. The van der Waals surface area contributed by atoms with Crippen LogP contribution in [0, 0.1) is 0 Å². The van der Waals surface area contributed by atoms with Crippen molar-refractivity contribution in [3.8, 4) is 0 Å². The van der Waals surface area contributed by atoms with Crippen molar-refractivity contribution in [2.24, 2.45) is 0 Å². The summed E-state index contributed by atoms with van der Waals surface area (Å²) in [5.74, 6) is -0.304. The fourth-order valence-electron chi connectivity index (χ4n) is 11.3. The summed E-state index contributed by atoms with van der Waals surface area (Å²) in [4.78, 5) is 13.4. The molecule has 3 aliphatic heterocycles. The number of ether oxygens (including phenoxy) is 6. The normalized spacial score (nSPS) is 28.7. The van der Waals surface area contributed by atoms with Gasteiger partial charge in [0.15, 0.2) is 18.9 Å². The highest BCUT2D eigenvalue weighted by molar-refractivity contribution is 5.76. The molecule has 3 heterocycles. The third-order valence-corrected chi connectivity index (χ3v) is 17.0. The monoisotopic (exact) mass is 1270 g/mol. The number of hydrogen-bond donors (Lipinski definition) is 12. The lowest BCUT2D eigenvalue weighted by Crippen LogP contribution is -2.66. The summed E-state index contributed by atoms with van der Waals surface area (Å²) >= 11 is 0. The number of rotatable bonds is 52. The molecule has 3 fully saturated rings. The van der Waals surface area contributed by atoms with Gasteiger partial charge in [0.05, 0.1) is 38.6 Å². The van der Waals surface area contributed by atoms with Gasteiger partial charge in [0, 0.05) is 6.42 Å². The van der Waals surface area contributed by atoms with E-state index in [-0.39, 0.29) is 18.9 Å². The number of carbonyl (C=O) groups is 1.